The maximum absolute atomic E-state index is 5.41. The first-order valence-corrected chi connectivity index (χ1v) is 5.11. The van der Waals surface area contributed by atoms with Gasteiger partial charge in [0.1, 0.15) is 0 Å². The van der Waals surface area contributed by atoms with Crippen molar-refractivity contribution < 1.29 is 4.74 Å². The number of azo groups is 1. The van der Waals surface area contributed by atoms with Gasteiger partial charge in [-0.15, -0.1) is 0 Å². The first-order valence-electron chi connectivity index (χ1n) is 5.11. The van der Waals surface area contributed by atoms with Gasteiger partial charge in [0, 0.05) is 12.7 Å². The van der Waals surface area contributed by atoms with Crippen molar-refractivity contribution in [1.29, 1.82) is 0 Å². The van der Waals surface area contributed by atoms with Crippen LogP contribution in [-0.4, -0.2) is 13.2 Å². The van der Waals surface area contributed by atoms with E-state index in [4.69, 9.17) is 4.74 Å². The van der Waals surface area contributed by atoms with Gasteiger partial charge in [-0.25, -0.2) is 0 Å². The first kappa shape index (κ1) is 11.9. The fourth-order valence-corrected chi connectivity index (χ4v) is 1.19. The van der Waals surface area contributed by atoms with E-state index in [1.165, 1.54) is 0 Å². The topological polar surface area (TPSA) is 34.0 Å². The van der Waals surface area contributed by atoms with Gasteiger partial charge in [0.2, 0.25) is 5.72 Å². The van der Waals surface area contributed by atoms with Crippen LogP contribution < -0.4 is 0 Å². The molecular formula is C12H18N2O. The third-order valence-corrected chi connectivity index (χ3v) is 2.19. The number of hydrogen-bond donors (Lipinski definition) is 0. The summed E-state index contributed by atoms with van der Waals surface area (Å²) in [5.41, 5.74) is 0.336. The molecule has 0 aliphatic heterocycles. The maximum atomic E-state index is 5.41. The minimum atomic E-state index is -0.675. The van der Waals surface area contributed by atoms with Crippen molar-refractivity contribution in [3.8, 4) is 0 Å². The Morgan fingerprint density at radius 2 is 1.80 bits per heavy atom. The molecule has 1 aromatic carbocycles. The second-order valence-corrected chi connectivity index (χ2v) is 3.86. The Morgan fingerprint density at radius 1 is 1.20 bits per heavy atom. The predicted molar refractivity (Wildman–Crippen MR) is 60.8 cm³/mol. The standard InChI is InChI=1S/C12H18N2O/c1-10(2)13-14-12(3,15-4)11-8-6-5-7-9-11/h5-10H,1-4H3. The Kier molecular flexibility index (Phi) is 3.97. The summed E-state index contributed by atoms with van der Waals surface area (Å²) < 4.78 is 5.41. The molecule has 0 aliphatic rings. The van der Waals surface area contributed by atoms with Gasteiger partial charge in [-0.2, -0.15) is 10.2 Å². The van der Waals surface area contributed by atoms with Gasteiger partial charge in [-0.3, -0.25) is 0 Å². The average Bonchev–Trinajstić information content (AvgIpc) is 2.27. The summed E-state index contributed by atoms with van der Waals surface area (Å²) in [5.74, 6) is 0. The van der Waals surface area contributed by atoms with Gasteiger partial charge in [0.25, 0.3) is 0 Å². The third-order valence-electron chi connectivity index (χ3n) is 2.19. The van der Waals surface area contributed by atoms with E-state index in [1.807, 2.05) is 51.1 Å². The van der Waals surface area contributed by atoms with Gasteiger partial charge in [0.15, 0.2) is 0 Å². The first-order chi connectivity index (χ1) is 7.08. The largest absolute Gasteiger partial charge is 0.352 e. The second-order valence-electron chi connectivity index (χ2n) is 3.86. The van der Waals surface area contributed by atoms with Crippen molar-refractivity contribution in [1.82, 2.24) is 0 Å². The molecule has 82 valence electrons. The van der Waals surface area contributed by atoms with Crippen LogP contribution in [0.3, 0.4) is 0 Å². The van der Waals surface area contributed by atoms with Crippen LogP contribution >= 0.6 is 0 Å². The molecule has 1 unspecified atom stereocenters. The smallest absolute Gasteiger partial charge is 0.201 e. The Morgan fingerprint density at radius 3 is 2.27 bits per heavy atom. The predicted octanol–water partition coefficient (Wildman–Crippen LogP) is 3.37. The highest BCUT2D eigenvalue weighted by atomic mass is 16.5. The quantitative estimate of drug-likeness (QED) is 0.695. The lowest BCUT2D eigenvalue weighted by Gasteiger charge is -2.22. The summed E-state index contributed by atoms with van der Waals surface area (Å²) in [6, 6.07) is 10.1. The minimum absolute atomic E-state index is 0.184. The second kappa shape index (κ2) is 5.03. The summed E-state index contributed by atoms with van der Waals surface area (Å²) in [4.78, 5) is 0. The van der Waals surface area contributed by atoms with Crippen molar-refractivity contribution in [2.45, 2.75) is 32.5 Å². The van der Waals surface area contributed by atoms with E-state index in [0.29, 0.717) is 0 Å². The molecule has 0 heterocycles. The average molecular weight is 206 g/mol. The van der Waals surface area contributed by atoms with Crippen LogP contribution in [-0.2, 0) is 10.5 Å². The Bertz CT molecular complexity index is 322. The lowest BCUT2D eigenvalue weighted by Crippen LogP contribution is -2.21. The molecule has 3 heteroatoms. The lowest BCUT2D eigenvalue weighted by molar-refractivity contribution is 0.00234. The molecule has 0 saturated heterocycles. The molecule has 1 aromatic rings. The molecule has 0 aromatic heterocycles. The third kappa shape index (κ3) is 3.13. The van der Waals surface area contributed by atoms with Gasteiger partial charge >= 0.3 is 0 Å². The highest BCUT2D eigenvalue weighted by Gasteiger charge is 2.25. The summed E-state index contributed by atoms with van der Waals surface area (Å²) in [7, 11) is 1.65. The fraction of sp³-hybridized carbons (Fsp3) is 0.500. The highest BCUT2D eigenvalue weighted by molar-refractivity contribution is 5.20. The minimum Gasteiger partial charge on any atom is -0.352 e. The molecule has 0 amide bonds. The van der Waals surface area contributed by atoms with E-state index >= 15 is 0 Å². The molecule has 0 fully saturated rings. The highest BCUT2D eigenvalue weighted by Crippen LogP contribution is 2.26. The van der Waals surface area contributed by atoms with Crippen LogP contribution in [0.5, 0.6) is 0 Å². The van der Waals surface area contributed by atoms with Crippen molar-refractivity contribution in [2.75, 3.05) is 7.11 Å². The van der Waals surface area contributed by atoms with Gasteiger partial charge < -0.3 is 4.74 Å². The number of rotatable bonds is 4. The van der Waals surface area contributed by atoms with Gasteiger partial charge in [0.05, 0.1) is 6.04 Å². The zero-order chi connectivity index (χ0) is 11.3. The number of nitrogens with zero attached hydrogens (tertiary/aromatic N) is 2. The number of methoxy groups -OCH3 is 1. The molecule has 0 spiro atoms. The SMILES string of the molecule is COC(C)(N=NC(C)C)c1ccccc1. The fourth-order valence-electron chi connectivity index (χ4n) is 1.19. The van der Waals surface area contributed by atoms with Crippen LogP contribution in [0.25, 0.3) is 0 Å². The molecule has 1 atom stereocenters. The zero-order valence-electron chi connectivity index (χ0n) is 9.77. The van der Waals surface area contributed by atoms with Gasteiger partial charge in [-0.05, 0) is 20.8 Å². The van der Waals surface area contributed by atoms with Crippen molar-refractivity contribution >= 4 is 0 Å². The van der Waals surface area contributed by atoms with Crippen molar-refractivity contribution in [2.24, 2.45) is 10.2 Å². The number of benzene rings is 1. The van der Waals surface area contributed by atoms with E-state index in [1.54, 1.807) is 7.11 Å². The summed E-state index contributed by atoms with van der Waals surface area (Å²) in [6.07, 6.45) is 0. The molecule has 0 bridgehead atoms. The molecular weight excluding hydrogens is 188 g/mol. The van der Waals surface area contributed by atoms with E-state index < -0.39 is 5.72 Å². The normalized spacial score (nSPS) is 15.8. The van der Waals surface area contributed by atoms with E-state index in [-0.39, 0.29) is 6.04 Å². The van der Waals surface area contributed by atoms with Gasteiger partial charge in [-0.1, -0.05) is 30.3 Å². The molecule has 15 heavy (non-hydrogen) atoms. The molecule has 1 rings (SSSR count). The van der Waals surface area contributed by atoms with Crippen LogP contribution in [0.2, 0.25) is 0 Å². The van der Waals surface area contributed by atoms with Crippen LogP contribution in [0.1, 0.15) is 26.3 Å². The molecule has 0 N–H and O–H groups in total. The van der Waals surface area contributed by atoms with E-state index in [2.05, 4.69) is 10.2 Å². The summed E-state index contributed by atoms with van der Waals surface area (Å²) in [5, 5.41) is 8.39. The maximum Gasteiger partial charge on any atom is 0.201 e. The molecule has 3 nitrogen and oxygen atoms in total. The van der Waals surface area contributed by atoms with Crippen LogP contribution in [0, 0.1) is 0 Å². The summed E-state index contributed by atoms with van der Waals surface area (Å²) in [6.45, 7) is 5.89. The van der Waals surface area contributed by atoms with Crippen LogP contribution in [0.4, 0.5) is 0 Å². The zero-order valence-corrected chi connectivity index (χ0v) is 9.77. The number of ether oxygens (including phenoxy) is 1. The monoisotopic (exact) mass is 206 g/mol. The Labute approximate surface area is 91.2 Å². The van der Waals surface area contributed by atoms with Crippen molar-refractivity contribution in [3.63, 3.8) is 0 Å². The molecule has 0 aliphatic carbocycles. The lowest BCUT2D eigenvalue weighted by atomic mass is 10.1. The van der Waals surface area contributed by atoms with Crippen molar-refractivity contribution in [3.05, 3.63) is 35.9 Å². The molecule has 0 saturated carbocycles. The van der Waals surface area contributed by atoms with Crippen LogP contribution in [0.15, 0.2) is 40.6 Å². The Balaban J connectivity index is 2.95. The van der Waals surface area contributed by atoms with E-state index in [0.717, 1.165) is 5.56 Å². The molecule has 0 radical (unpaired) electrons. The summed E-state index contributed by atoms with van der Waals surface area (Å²) >= 11 is 0. The Hall–Kier alpha value is -1.22. The van der Waals surface area contributed by atoms with E-state index in [9.17, 15) is 0 Å². The number of hydrogen-bond acceptors (Lipinski definition) is 3.